The van der Waals surface area contributed by atoms with Crippen LogP contribution < -0.4 is 16.1 Å². The van der Waals surface area contributed by atoms with Crippen molar-refractivity contribution in [2.75, 3.05) is 0 Å². The molecule has 1 fully saturated rings. The third kappa shape index (κ3) is 5.62. The molecule has 0 saturated heterocycles. The predicted octanol–water partition coefficient (Wildman–Crippen LogP) is 7.19. The van der Waals surface area contributed by atoms with E-state index in [0.717, 1.165) is 52.4 Å². The Bertz CT molecular complexity index is 1690. The first-order valence-electron chi connectivity index (χ1n) is 14.0. The highest BCUT2D eigenvalue weighted by Gasteiger charge is 2.22. The van der Waals surface area contributed by atoms with E-state index in [0.29, 0.717) is 18.9 Å². The molecule has 0 radical (unpaired) electrons. The van der Waals surface area contributed by atoms with Crippen LogP contribution in [0.25, 0.3) is 22.6 Å². The highest BCUT2D eigenvalue weighted by Crippen LogP contribution is 2.37. The smallest absolute Gasteiger partial charge is 0.251 e. The lowest BCUT2D eigenvalue weighted by molar-refractivity contribution is 0.342. The molecule has 2 aliphatic carbocycles. The second-order valence-electron chi connectivity index (χ2n) is 11.1. The average Bonchev–Trinajstić information content (AvgIpc) is 3.40. The van der Waals surface area contributed by atoms with Gasteiger partial charge in [-0.3, -0.25) is 4.79 Å². The van der Waals surface area contributed by atoms with Crippen molar-refractivity contribution >= 4 is 23.5 Å². The standard InChI is InChI=1S/C35H34FNOS/c1-24-8-13-27(14-9-24)30-17-11-26(22-32(30)36)21-25-10-15-28-16-19-35(38)37(33(28)18-12-25)23-29-5-2-3-6-31(29)34-7-4-20-39-34/h2-7,10-11,15-20,22,24,27H,8-9,12-14,21,23H2,1H3. The first-order valence-corrected chi connectivity index (χ1v) is 14.9. The molecule has 2 aromatic carbocycles. The van der Waals surface area contributed by atoms with Crippen molar-refractivity contribution in [1.29, 1.82) is 0 Å². The molecule has 4 aromatic rings. The van der Waals surface area contributed by atoms with Crippen LogP contribution in [0.5, 0.6) is 0 Å². The molecule has 4 heteroatoms. The van der Waals surface area contributed by atoms with Gasteiger partial charge in [-0.05, 0) is 88.6 Å². The number of benzene rings is 2. The lowest BCUT2D eigenvalue weighted by Crippen LogP contribution is -2.42. The van der Waals surface area contributed by atoms with Crippen LogP contribution in [0.2, 0.25) is 0 Å². The minimum atomic E-state index is -0.0595. The van der Waals surface area contributed by atoms with Crippen molar-refractivity contribution in [3.8, 4) is 10.4 Å². The Morgan fingerprint density at radius 2 is 1.79 bits per heavy atom. The SMILES string of the molecule is CC1CCC(c2ccc(CC3=CC=c4ccc(=O)n(Cc5ccccc5-c5cccs5)c4=CC3)cc2F)CC1. The van der Waals surface area contributed by atoms with Crippen LogP contribution in [0.1, 0.15) is 61.6 Å². The molecule has 2 aromatic heterocycles. The summed E-state index contributed by atoms with van der Waals surface area (Å²) in [6.45, 7) is 2.81. The highest BCUT2D eigenvalue weighted by molar-refractivity contribution is 7.13. The highest BCUT2D eigenvalue weighted by atomic mass is 32.1. The van der Waals surface area contributed by atoms with E-state index in [2.05, 4.69) is 60.9 Å². The Kier molecular flexibility index (Phi) is 7.47. The van der Waals surface area contributed by atoms with Crippen LogP contribution in [-0.4, -0.2) is 4.57 Å². The minimum absolute atomic E-state index is 0.00222. The maximum absolute atomic E-state index is 15.1. The molecule has 0 unspecified atom stereocenters. The monoisotopic (exact) mass is 535 g/mol. The minimum Gasteiger partial charge on any atom is -0.304 e. The summed E-state index contributed by atoms with van der Waals surface area (Å²) in [7, 11) is 0. The lowest BCUT2D eigenvalue weighted by atomic mass is 9.79. The molecule has 0 spiro atoms. The molecule has 2 heterocycles. The third-order valence-electron chi connectivity index (χ3n) is 8.40. The fraction of sp³-hybridized carbons (Fsp3) is 0.286. The van der Waals surface area contributed by atoms with E-state index in [4.69, 9.17) is 0 Å². The van der Waals surface area contributed by atoms with E-state index >= 15 is 4.39 Å². The Hall–Kier alpha value is -3.50. The summed E-state index contributed by atoms with van der Waals surface area (Å²) in [4.78, 5) is 14.3. The lowest BCUT2D eigenvalue weighted by Gasteiger charge is -2.26. The van der Waals surface area contributed by atoms with Gasteiger partial charge in [0.25, 0.3) is 5.56 Å². The average molecular weight is 536 g/mol. The summed E-state index contributed by atoms with van der Waals surface area (Å²) in [5.41, 5.74) is 5.39. The number of nitrogens with zero attached hydrogens (tertiary/aromatic N) is 1. The molecular weight excluding hydrogens is 501 g/mol. The number of allylic oxidation sites excluding steroid dienone is 2. The van der Waals surface area contributed by atoms with Crippen LogP contribution in [0.3, 0.4) is 0 Å². The zero-order valence-electron chi connectivity index (χ0n) is 22.4. The Morgan fingerprint density at radius 1 is 0.949 bits per heavy atom. The van der Waals surface area contributed by atoms with Crippen molar-refractivity contribution in [1.82, 2.24) is 4.57 Å². The van der Waals surface area contributed by atoms with Crippen molar-refractivity contribution in [2.24, 2.45) is 5.92 Å². The van der Waals surface area contributed by atoms with Gasteiger partial charge in [-0.2, -0.15) is 0 Å². The first-order chi connectivity index (χ1) is 19.0. The summed E-state index contributed by atoms with van der Waals surface area (Å²) < 4.78 is 17.0. The second-order valence-corrected chi connectivity index (χ2v) is 12.1. The van der Waals surface area contributed by atoms with Crippen LogP contribution in [0, 0.1) is 11.7 Å². The maximum Gasteiger partial charge on any atom is 0.251 e. The Balaban J connectivity index is 1.24. The van der Waals surface area contributed by atoms with Gasteiger partial charge >= 0.3 is 0 Å². The molecule has 39 heavy (non-hydrogen) atoms. The fourth-order valence-electron chi connectivity index (χ4n) is 6.12. The van der Waals surface area contributed by atoms with E-state index in [1.54, 1.807) is 23.5 Å². The van der Waals surface area contributed by atoms with E-state index in [-0.39, 0.29) is 11.4 Å². The number of hydrogen-bond acceptors (Lipinski definition) is 2. The van der Waals surface area contributed by atoms with Gasteiger partial charge in [0, 0.05) is 16.3 Å². The first kappa shape index (κ1) is 25.8. The number of pyridine rings is 1. The summed E-state index contributed by atoms with van der Waals surface area (Å²) in [5.74, 6) is 1.05. The molecule has 0 atom stereocenters. The zero-order valence-corrected chi connectivity index (χ0v) is 23.2. The molecule has 2 nitrogen and oxygen atoms in total. The fourth-order valence-corrected chi connectivity index (χ4v) is 6.91. The van der Waals surface area contributed by atoms with Gasteiger partial charge in [0.2, 0.25) is 0 Å². The topological polar surface area (TPSA) is 22.0 Å². The third-order valence-corrected chi connectivity index (χ3v) is 9.30. The molecule has 2 aliphatic rings. The number of thiophene rings is 1. The van der Waals surface area contributed by atoms with Gasteiger partial charge < -0.3 is 4.57 Å². The molecule has 0 bridgehead atoms. The van der Waals surface area contributed by atoms with Crippen molar-refractivity contribution in [2.45, 2.75) is 57.9 Å². The Labute approximate surface area is 233 Å². The van der Waals surface area contributed by atoms with Gasteiger partial charge in [0.1, 0.15) is 5.82 Å². The van der Waals surface area contributed by atoms with E-state index in [1.807, 2.05) is 28.8 Å². The summed E-state index contributed by atoms with van der Waals surface area (Å²) >= 11 is 1.71. The molecule has 6 rings (SSSR count). The molecule has 0 aliphatic heterocycles. The van der Waals surface area contributed by atoms with Gasteiger partial charge in [-0.25, -0.2) is 4.39 Å². The number of aromatic nitrogens is 1. The van der Waals surface area contributed by atoms with Crippen LogP contribution in [0.4, 0.5) is 4.39 Å². The van der Waals surface area contributed by atoms with E-state index < -0.39 is 0 Å². The largest absolute Gasteiger partial charge is 0.304 e. The molecule has 198 valence electrons. The van der Waals surface area contributed by atoms with E-state index in [1.165, 1.54) is 28.9 Å². The number of hydrogen-bond donors (Lipinski definition) is 0. The molecular formula is C35H34FNOS. The number of rotatable bonds is 6. The van der Waals surface area contributed by atoms with Gasteiger partial charge in [-0.1, -0.05) is 86.0 Å². The summed E-state index contributed by atoms with van der Waals surface area (Å²) in [5, 5.41) is 4.06. The number of fused-ring (bicyclic) bond motifs is 1. The van der Waals surface area contributed by atoms with Crippen LogP contribution in [0.15, 0.2) is 88.6 Å². The quantitative estimate of drug-likeness (QED) is 0.256. The summed E-state index contributed by atoms with van der Waals surface area (Å²) in [6, 6.07) is 21.9. The van der Waals surface area contributed by atoms with Crippen LogP contribution in [-0.2, 0) is 13.0 Å². The van der Waals surface area contributed by atoms with Gasteiger partial charge in [0.05, 0.1) is 6.54 Å². The van der Waals surface area contributed by atoms with Crippen LogP contribution >= 0.6 is 11.3 Å². The van der Waals surface area contributed by atoms with E-state index in [9.17, 15) is 4.79 Å². The van der Waals surface area contributed by atoms with Crippen molar-refractivity contribution < 1.29 is 4.39 Å². The van der Waals surface area contributed by atoms with Gasteiger partial charge in [-0.15, -0.1) is 11.3 Å². The van der Waals surface area contributed by atoms with Crippen molar-refractivity contribution in [3.05, 3.63) is 127 Å². The maximum atomic E-state index is 15.1. The second kappa shape index (κ2) is 11.3. The Morgan fingerprint density at radius 3 is 2.59 bits per heavy atom. The predicted molar refractivity (Wildman–Crippen MR) is 161 cm³/mol. The van der Waals surface area contributed by atoms with Crippen molar-refractivity contribution in [3.63, 3.8) is 0 Å². The number of halogens is 1. The normalized spacial score (nSPS) is 18.9. The van der Waals surface area contributed by atoms with Gasteiger partial charge in [0.15, 0.2) is 0 Å². The zero-order chi connectivity index (χ0) is 26.8. The molecule has 0 N–H and O–H groups in total. The molecule has 0 amide bonds. The molecule has 1 saturated carbocycles. The summed E-state index contributed by atoms with van der Waals surface area (Å²) in [6.07, 6.45) is 12.4.